The number of nitrogens with two attached hydrogens (primary N) is 1. The molecule has 0 saturated carbocycles. The van der Waals surface area contributed by atoms with E-state index in [0.29, 0.717) is 64.5 Å². The van der Waals surface area contributed by atoms with E-state index in [9.17, 15) is 9.59 Å². The van der Waals surface area contributed by atoms with Gasteiger partial charge in [0.2, 0.25) is 5.91 Å². The molecule has 7 nitrogen and oxygen atoms in total. The average molecular weight is 358 g/mol. The Morgan fingerprint density at radius 2 is 1.75 bits per heavy atom. The molecule has 8 heteroatoms. The second-order valence-corrected chi connectivity index (χ2v) is 6.16. The smallest absolute Gasteiger partial charge is 0.289 e. The Kier molecular flexibility index (Phi) is 6.26. The minimum absolute atomic E-state index is 0. The summed E-state index contributed by atoms with van der Waals surface area (Å²) in [6.45, 7) is 3.62. The summed E-state index contributed by atoms with van der Waals surface area (Å²) in [5, 5.41) is 0. The summed E-state index contributed by atoms with van der Waals surface area (Å²) in [5.74, 6) is 0.322. The Morgan fingerprint density at radius 3 is 2.29 bits per heavy atom. The van der Waals surface area contributed by atoms with Gasteiger partial charge in [0, 0.05) is 45.9 Å². The minimum atomic E-state index is -0.495. The third-order valence-electron chi connectivity index (χ3n) is 4.88. The van der Waals surface area contributed by atoms with Crippen molar-refractivity contribution < 1.29 is 18.7 Å². The molecule has 3 heterocycles. The van der Waals surface area contributed by atoms with E-state index in [1.165, 1.54) is 6.26 Å². The molecule has 0 radical (unpaired) electrons. The Bertz CT molecular complexity index is 550. The lowest BCUT2D eigenvalue weighted by molar-refractivity contribution is -0.148. The quantitative estimate of drug-likeness (QED) is 0.862. The van der Waals surface area contributed by atoms with Crippen LogP contribution < -0.4 is 5.73 Å². The molecule has 0 atom stereocenters. The maximum absolute atomic E-state index is 12.9. The zero-order valence-corrected chi connectivity index (χ0v) is 14.4. The van der Waals surface area contributed by atoms with Gasteiger partial charge in [0.05, 0.1) is 11.7 Å². The number of nitrogens with zero attached hydrogens (tertiary/aromatic N) is 2. The molecular formula is C16H24ClN3O4. The van der Waals surface area contributed by atoms with Crippen molar-refractivity contribution in [3.05, 3.63) is 24.2 Å². The van der Waals surface area contributed by atoms with Crippen molar-refractivity contribution in [1.29, 1.82) is 0 Å². The predicted molar refractivity (Wildman–Crippen MR) is 90.0 cm³/mol. The molecule has 0 bridgehead atoms. The Hall–Kier alpha value is -1.57. The highest BCUT2D eigenvalue weighted by Crippen LogP contribution is 2.32. The van der Waals surface area contributed by atoms with Crippen LogP contribution in [0.25, 0.3) is 0 Å². The molecule has 2 N–H and O–H groups in total. The molecule has 1 aromatic rings. The Morgan fingerprint density at radius 1 is 1.12 bits per heavy atom. The molecule has 2 amide bonds. The first-order valence-electron chi connectivity index (χ1n) is 8.06. The first-order valence-corrected chi connectivity index (χ1v) is 8.06. The summed E-state index contributed by atoms with van der Waals surface area (Å²) in [6, 6.07) is 3.36. The number of piperazine rings is 1. The van der Waals surface area contributed by atoms with Gasteiger partial charge in [0.1, 0.15) is 0 Å². The molecule has 24 heavy (non-hydrogen) atoms. The number of hydrogen-bond acceptors (Lipinski definition) is 5. The molecule has 0 spiro atoms. The SMILES string of the molecule is Cl.NCC1(C(=O)N2CCN(C(=O)c3ccco3)CC2)CCOCC1. The van der Waals surface area contributed by atoms with Crippen LogP contribution in [0.15, 0.2) is 22.8 Å². The van der Waals surface area contributed by atoms with Crippen molar-refractivity contribution in [2.45, 2.75) is 12.8 Å². The van der Waals surface area contributed by atoms with Gasteiger partial charge in [-0.05, 0) is 25.0 Å². The fourth-order valence-corrected chi connectivity index (χ4v) is 3.27. The minimum Gasteiger partial charge on any atom is -0.459 e. The van der Waals surface area contributed by atoms with E-state index in [2.05, 4.69) is 0 Å². The molecule has 2 aliphatic rings. The summed E-state index contributed by atoms with van der Waals surface area (Å²) in [5.41, 5.74) is 5.41. The zero-order chi connectivity index (χ0) is 16.3. The maximum Gasteiger partial charge on any atom is 0.289 e. The van der Waals surface area contributed by atoms with Gasteiger partial charge >= 0.3 is 0 Å². The summed E-state index contributed by atoms with van der Waals surface area (Å²) in [6.07, 6.45) is 2.84. The summed E-state index contributed by atoms with van der Waals surface area (Å²) >= 11 is 0. The number of furan rings is 1. The molecule has 2 saturated heterocycles. The van der Waals surface area contributed by atoms with Crippen LogP contribution in [0, 0.1) is 5.41 Å². The van der Waals surface area contributed by atoms with Crippen LogP contribution in [-0.4, -0.2) is 67.6 Å². The van der Waals surface area contributed by atoms with E-state index in [4.69, 9.17) is 14.9 Å². The molecule has 134 valence electrons. The van der Waals surface area contributed by atoms with Crippen LogP contribution >= 0.6 is 12.4 Å². The first kappa shape index (κ1) is 18.8. The number of carbonyl (C=O) groups is 2. The zero-order valence-electron chi connectivity index (χ0n) is 13.6. The Balaban J connectivity index is 0.00000208. The van der Waals surface area contributed by atoms with E-state index in [1.807, 2.05) is 4.90 Å². The molecular weight excluding hydrogens is 334 g/mol. The van der Waals surface area contributed by atoms with Gasteiger partial charge in [-0.3, -0.25) is 9.59 Å². The maximum atomic E-state index is 12.9. The molecule has 3 rings (SSSR count). The molecule has 0 aliphatic carbocycles. The van der Waals surface area contributed by atoms with E-state index in [0.717, 1.165) is 0 Å². The van der Waals surface area contributed by atoms with E-state index in [-0.39, 0.29) is 24.2 Å². The number of amides is 2. The predicted octanol–water partition coefficient (Wildman–Crippen LogP) is 0.741. The van der Waals surface area contributed by atoms with Crippen LogP contribution in [0.5, 0.6) is 0 Å². The molecule has 0 aromatic carbocycles. The summed E-state index contributed by atoms with van der Waals surface area (Å²) in [7, 11) is 0. The van der Waals surface area contributed by atoms with Crippen LogP contribution in [-0.2, 0) is 9.53 Å². The second-order valence-electron chi connectivity index (χ2n) is 6.16. The molecule has 0 unspecified atom stereocenters. The van der Waals surface area contributed by atoms with Crippen LogP contribution in [0.2, 0.25) is 0 Å². The third kappa shape index (κ3) is 3.58. The summed E-state index contributed by atoms with van der Waals surface area (Å²) < 4.78 is 10.5. The van der Waals surface area contributed by atoms with Crippen LogP contribution in [0.3, 0.4) is 0 Å². The van der Waals surface area contributed by atoms with Gasteiger partial charge in [-0.25, -0.2) is 0 Å². The van der Waals surface area contributed by atoms with Gasteiger partial charge in [0.15, 0.2) is 5.76 Å². The van der Waals surface area contributed by atoms with Crippen molar-refractivity contribution in [2.24, 2.45) is 11.1 Å². The lowest BCUT2D eigenvalue weighted by atomic mass is 9.78. The largest absolute Gasteiger partial charge is 0.459 e. The van der Waals surface area contributed by atoms with Gasteiger partial charge < -0.3 is 24.7 Å². The summed E-state index contributed by atoms with van der Waals surface area (Å²) in [4.78, 5) is 28.7. The van der Waals surface area contributed by atoms with Gasteiger partial charge in [-0.2, -0.15) is 0 Å². The first-order chi connectivity index (χ1) is 11.2. The van der Waals surface area contributed by atoms with Crippen molar-refractivity contribution in [2.75, 3.05) is 45.9 Å². The number of ether oxygens (including phenoxy) is 1. The molecule has 2 aliphatic heterocycles. The van der Waals surface area contributed by atoms with Crippen molar-refractivity contribution in [3.63, 3.8) is 0 Å². The highest BCUT2D eigenvalue weighted by atomic mass is 35.5. The van der Waals surface area contributed by atoms with Gasteiger partial charge in [0.25, 0.3) is 5.91 Å². The average Bonchev–Trinajstić information content (AvgIpc) is 3.16. The van der Waals surface area contributed by atoms with Crippen molar-refractivity contribution in [1.82, 2.24) is 9.80 Å². The standard InChI is InChI=1S/C16H23N3O4.ClH/c17-12-16(3-10-22-11-4-16)15(21)19-7-5-18(6-8-19)14(20)13-2-1-9-23-13;/h1-2,9H,3-8,10-12,17H2;1H. The highest BCUT2D eigenvalue weighted by molar-refractivity contribution is 5.91. The lowest BCUT2D eigenvalue weighted by Gasteiger charge is -2.42. The third-order valence-corrected chi connectivity index (χ3v) is 4.88. The van der Waals surface area contributed by atoms with E-state index in [1.54, 1.807) is 17.0 Å². The van der Waals surface area contributed by atoms with Gasteiger partial charge in [-0.15, -0.1) is 12.4 Å². The van der Waals surface area contributed by atoms with Crippen LogP contribution in [0.1, 0.15) is 23.4 Å². The normalized spacial score (nSPS) is 20.4. The van der Waals surface area contributed by atoms with E-state index >= 15 is 0 Å². The van der Waals surface area contributed by atoms with Crippen molar-refractivity contribution in [3.8, 4) is 0 Å². The highest BCUT2D eigenvalue weighted by Gasteiger charge is 2.42. The molecule has 1 aromatic heterocycles. The number of hydrogen-bond donors (Lipinski definition) is 1. The fourth-order valence-electron chi connectivity index (χ4n) is 3.27. The molecule has 2 fully saturated rings. The topological polar surface area (TPSA) is 89.0 Å². The van der Waals surface area contributed by atoms with E-state index < -0.39 is 5.41 Å². The number of halogens is 1. The lowest BCUT2D eigenvalue weighted by Crippen LogP contribution is -2.57. The number of carbonyl (C=O) groups excluding carboxylic acids is 2. The fraction of sp³-hybridized carbons (Fsp3) is 0.625. The Labute approximate surface area is 147 Å². The number of rotatable bonds is 3. The second kappa shape index (κ2) is 8.00. The van der Waals surface area contributed by atoms with Crippen molar-refractivity contribution >= 4 is 24.2 Å². The monoisotopic (exact) mass is 357 g/mol. The van der Waals surface area contributed by atoms with Gasteiger partial charge in [-0.1, -0.05) is 0 Å². The van der Waals surface area contributed by atoms with Crippen LogP contribution in [0.4, 0.5) is 0 Å².